The van der Waals surface area contributed by atoms with E-state index in [4.69, 9.17) is 39.5 Å². The molecular formula is C18H19Cl3N2O4S. The van der Waals surface area contributed by atoms with Gasteiger partial charge in [-0.3, -0.25) is 9.52 Å². The van der Waals surface area contributed by atoms with E-state index < -0.39 is 16.1 Å². The van der Waals surface area contributed by atoms with E-state index in [9.17, 15) is 13.2 Å². The Balaban J connectivity index is 2.13. The van der Waals surface area contributed by atoms with Crippen molar-refractivity contribution in [3.8, 4) is 5.75 Å². The maximum atomic E-state index is 12.6. The standard InChI is InChI=1S/C18H19Cl3N2O4S/c1-10(2)22-18(24)11(3)27-12-4-6-13(7-5-12)28(25,26)23-17-9-15(20)14(19)8-16(17)21/h4-11,23H,1-3H3,(H,22,24)/t11-/m0/s1. The van der Waals surface area contributed by atoms with E-state index in [1.807, 2.05) is 13.8 Å². The summed E-state index contributed by atoms with van der Waals surface area (Å²) in [4.78, 5) is 11.9. The SMILES string of the molecule is CC(C)NC(=O)[C@H](C)Oc1ccc(S(=O)(=O)Nc2cc(Cl)c(Cl)cc2Cl)cc1. The Morgan fingerprint density at radius 2 is 1.54 bits per heavy atom. The van der Waals surface area contributed by atoms with Crippen LogP contribution in [0.5, 0.6) is 5.75 Å². The third-order valence-electron chi connectivity index (χ3n) is 3.50. The predicted molar refractivity (Wildman–Crippen MR) is 112 cm³/mol. The number of anilines is 1. The van der Waals surface area contributed by atoms with Crippen LogP contribution in [0.4, 0.5) is 5.69 Å². The normalized spacial score (nSPS) is 12.5. The van der Waals surface area contributed by atoms with Gasteiger partial charge in [-0.05, 0) is 57.2 Å². The molecule has 0 fully saturated rings. The number of amides is 1. The molecule has 1 amide bonds. The second-order valence-corrected chi connectivity index (χ2v) is 9.15. The number of hydrogen-bond donors (Lipinski definition) is 2. The molecule has 2 rings (SSSR count). The lowest BCUT2D eigenvalue weighted by atomic mass is 10.3. The van der Waals surface area contributed by atoms with Crippen molar-refractivity contribution < 1.29 is 17.9 Å². The molecule has 2 aromatic carbocycles. The van der Waals surface area contributed by atoms with E-state index in [1.54, 1.807) is 6.92 Å². The number of sulfonamides is 1. The molecule has 2 N–H and O–H groups in total. The number of rotatable bonds is 7. The second-order valence-electron chi connectivity index (χ2n) is 6.25. The number of ether oxygens (including phenoxy) is 1. The Morgan fingerprint density at radius 3 is 2.11 bits per heavy atom. The second kappa shape index (κ2) is 9.22. The third kappa shape index (κ3) is 5.91. The van der Waals surface area contributed by atoms with Crippen molar-refractivity contribution in [2.45, 2.75) is 37.8 Å². The van der Waals surface area contributed by atoms with Crippen LogP contribution in [0.15, 0.2) is 41.3 Å². The molecule has 6 nitrogen and oxygen atoms in total. The Morgan fingerprint density at radius 1 is 0.964 bits per heavy atom. The molecule has 0 aromatic heterocycles. The van der Waals surface area contributed by atoms with Crippen LogP contribution in [-0.4, -0.2) is 26.5 Å². The summed E-state index contributed by atoms with van der Waals surface area (Å²) in [7, 11) is -3.91. The average molecular weight is 466 g/mol. The molecule has 0 radical (unpaired) electrons. The molecule has 2 aromatic rings. The smallest absolute Gasteiger partial charge is 0.261 e. The number of halogens is 3. The molecule has 0 unspecified atom stereocenters. The van der Waals surface area contributed by atoms with Gasteiger partial charge in [0.15, 0.2) is 6.10 Å². The Hall–Kier alpha value is -1.67. The lowest BCUT2D eigenvalue weighted by Gasteiger charge is -2.16. The first kappa shape index (κ1) is 22.6. The van der Waals surface area contributed by atoms with Gasteiger partial charge in [0.05, 0.1) is 25.7 Å². The van der Waals surface area contributed by atoms with Crippen LogP contribution in [0, 0.1) is 0 Å². The van der Waals surface area contributed by atoms with E-state index >= 15 is 0 Å². The van der Waals surface area contributed by atoms with Crippen LogP contribution in [0.2, 0.25) is 15.1 Å². The maximum absolute atomic E-state index is 12.6. The zero-order chi connectivity index (χ0) is 21.1. The molecule has 0 bridgehead atoms. The summed E-state index contributed by atoms with van der Waals surface area (Å²) in [6, 6.07) is 8.31. The van der Waals surface area contributed by atoms with E-state index in [-0.39, 0.29) is 37.6 Å². The predicted octanol–water partition coefficient (Wildman–Crippen LogP) is 4.74. The van der Waals surface area contributed by atoms with E-state index in [1.165, 1.54) is 36.4 Å². The molecule has 0 saturated carbocycles. The highest BCUT2D eigenvalue weighted by Crippen LogP contribution is 2.33. The molecular weight excluding hydrogens is 447 g/mol. The highest BCUT2D eigenvalue weighted by atomic mass is 35.5. The number of benzene rings is 2. The molecule has 0 aliphatic carbocycles. The zero-order valence-electron chi connectivity index (χ0n) is 15.3. The Kier molecular flexibility index (Phi) is 7.45. The molecule has 0 heterocycles. The van der Waals surface area contributed by atoms with E-state index in [0.29, 0.717) is 5.75 Å². The van der Waals surface area contributed by atoms with Gasteiger partial charge in [-0.25, -0.2) is 8.42 Å². The van der Waals surface area contributed by atoms with Crippen molar-refractivity contribution in [3.63, 3.8) is 0 Å². The van der Waals surface area contributed by atoms with Crippen LogP contribution >= 0.6 is 34.8 Å². The van der Waals surface area contributed by atoms with Crippen molar-refractivity contribution in [2.24, 2.45) is 0 Å². The topological polar surface area (TPSA) is 84.5 Å². The molecule has 1 atom stereocenters. The van der Waals surface area contributed by atoms with E-state index in [0.717, 1.165) is 0 Å². The molecule has 0 spiro atoms. The Bertz CT molecular complexity index is 964. The first-order valence-corrected chi connectivity index (χ1v) is 10.9. The zero-order valence-corrected chi connectivity index (χ0v) is 18.4. The van der Waals surface area contributed by atoms with Gasteiger partial charge in [-0.1, -0.05) is 34.8 Å². The van der Waals surface area contributed by atoms with Crippen molar-refractivity contribution >= 4 is 56.4 Å². The summed E-state index contributed by atoms with van der Waals surface area (Å²) in [6.07, 6.45) is -0.724. The highest BCUT2D eigenvalue weighted by Gasteiger charge is 2.19. The largest absolute Gasteiger partial charge is 0.481 e. The van der Waals surface area contributed by atoms with Crippen molar-refractivity contribution in [1.29, 1.82) is 0 Å². The fraction of sp³-hybridized carbons (Fsp3) is 0.278. The van der Waals surface area contributed by atoms with E-state index in [2.05, 4.69) is 10.0 Å². The first-order chi connectivity index (χ1) is 13.0. The summed E-state index contributed by atoms with van der Waals surface area (Å²) >= 11 is 17.8. The number of carbonyl (C=O) groups is 1. The quantitative estimate of drug-likeness (QED) is 0.578. The number of carbonyl (C=O) groups excluding carboxylic acids is 1. The molecule has 0 aliphatic rings. The molecule has 0 aliphatic heterocycles. The average Bonchev–Trinajstić information content (AvgIpc) is 2.59. The van der Waals surface area contributed by atoms with Crippen LogP contribution in [-0.2, 0) is 14.8 Å². The monoisotopic (exact) mass is 464 g/mol. The molecule has 28 heavy (non-hydrogen) atoms. The first-order valence-electron chi connectivity index (χ1n) is 8.24. The van der Waals surface area contributed by atoms with Gasteiger partial charge in [-0.2, -0.15) is 0 Å². The summed E-state index contributed by atoms with van der Waals surface area (Å²) in [5, 5.41) is 3.23. The minimum atomic E-state index is -3.91. The summed E-state index contributed by atoms with van der Waals surface area (Å²) < 4.78 is 33.0. The van der Waals surface area contributed by atoms with Gasteiger partial charge in [0.2, 0.25) is 0 Å². The third-order valence-corrected chi connectivity index (χ3v) is 5.92. The lowest BCUT2D eigenvalue weighted by molar-refractivity contribution is -0.127. The molecule has 0 saturated heterocycles. The van der Waals surface area contributed by atoms with Crippen LogP contribution in [0.25, 0.3) is 0 Å². The minimum absolute atomic E-state index is 0.00895. The summed E-state index contributed by atoms with van der Waals surface area (Å²) in [5.74, 6) is 0.0977. The minimum Gasteiger partial charge on any atom is -0.481 e. The van der Waals surface area contributed by atoms with Crippen molar-refractivity contribution in [1.82, 2.24) is 5.32 Å². The molecule has 152 valence electrons. The Labute approximate surface area is 179 Å². The van der Waals surface area contributed by atoms with Gasteiger partial charge < -0.3 is 10.1 Å². The van der Waals surface area contributed by atoms with Gasteiger partial charge >= 0.3 is 0 Å². The van der Waals surface area contributed by atoms with Crippen LogP contribution < -0.4 is 14.8 Å². The number of nitrogens with one attached hydrogen (secondary N) is 2. The van der Waals surface area contributed by atoms with Crippen LogP contribution in [0.1, 0.15) is 20.8 Å². The fourth-order valence-electron chi connectivity index (χ4n) is 2.16. The van der Waals surface area contributed by atoms with Crippen molar-refractivity contribution in [3.05, 3.63) is 51.5 Å². The van der Waals surface area contributed by atoms with Gasteiger partial charge in [0.1, 0.15) is 5.75 Å². The van der Waals surface area contributed by atoms with Crippen molar-refractivity contribution in [2.75, 3.05) is 4.72 Å². The number of hydrogen-bond acceptors (Lipinski definition) is 4. The van der Waals surface area contributed by atoms with Gasteiger partial charge in [-0.15, -0.1) is 0 Å². The highest BCUT2D eigenvalue weighted by molar-refractivity contribution is 7.92. The van der Waals surface area contributed by atoms with Gasteiger partial charge in [0, 0.05) is 6.04 Å². The summed E-state index contributed by atoms with van der Waals surface area (Å²) in [5.41, 5.74) is 0.107. The maximum Gasteiger partial charge on any atom is 0.261 e. The van der Waals surface area contributed by atoms with Crippen LogP contribution in [0.3, 0.4) is 0 Å². The summed E-state index contributed by atoms with van der Waals surface area (Å²) in [6.45, 7) is 5.30. The lowest BCUT2D eigenvalue weighted by Crippen LogP contribution is -2.40. The fourth-order valence-corrected chi connectivity index (χ4v) is 3.88. The van der Waals surface area contributed by atoms with Gasteiger partial charge in [0.25, 0.3) is 15.9 Å². The molecule has 10 heteroatoms.